The van der Waals surface area contributed by atoms with Crippen LogP contribution in [-0.2, 0) is 0 Å². The molecule has 0 fully saturated rings. The van der Waals surface area contributed by atoms with Crippen molar-refractivity contribution in [2.45, 2.75) is 25.5 Å². The van der Waals surface area contributed by atoms with Gasteiger partial charge in [0, 0.05) is 19.8 Å². The Bertz CT molecular complexity index is 526. The second-order valence-corrected chi connectivity index (χ2v) is 5.27. The second-order valence-electron chi connectivity index (χ2n) is 5.27. The Morgan fingerprint density at radius 1 is 1.58 bits per heavy atom. The number of rotatable bonds is 0. The molecule has 1 aliphatic heterocycles. The zero-order chi connectivity index (χ0) is 14.0. The van der Waals surface area contributed by atoms with Gasteiger partial charge in [-0.05, 0) is 19.9 Å². The molecular formula is C14H19N3O2. The van der Waals surface area contributed by atoms with Crippen molar-refractivity contribution in [2.24, 2.45) is 5.73 Å². The molecule has 0 bridgehead atoms. The molecule has 2 rings (SSSR count). The quantitative estimate of drug-likeness (QED) is 0.660. The molecule has 0 aliphatic carbocycles. The van der Waals surface area contributed by atoms with E-state index >= 15 is 0 Å². The Morgan fingerprint density at radius 2 is 2.32 bits per heavy atom. The number of likely N-dealkylation sites (N-methyl/N-ethyl adjacent to an activating group) is 1. The number of nitrogens with zero attached hydrogens (tertiary/aromatic N) is 2. The molecule has 19 heavy (non-hydrogen) atoms. The predicted molar refractivity (Wildman–Crippen MR) is 74.2 cm³/mol. The maximum Gasteiger partial charge on any atom is 0.177 e. The summed E-state index contributed by atoms with van der Waals surface area (Å²) in [5.41, 5.74) is 5.60. The smallest absolute Gasteiger partial charge is 0.177 e. The van der Waals surface area contributed by atoms with Crippen LogP contribution in [0.3, 0.4) is 0 Å². The highest BCUT2D eigenvalue weighted by molar-refractivity contribution is 5.61. The molecule has 0 spiro atoms. The van der Waals surface area contributed by atoms with Gasteiger partial charge < -0.3 is 20.5 Å². The van der Waals surface area contributed by atoms with Crippen molar-refractivity contribution in [3.8, 4) is 17.6 Å². The summed E-state index contributed by atoms with van der Waals surface area (Å²) in [6.45, 7) is 4.40. The zero-order valence-electron chi connectivity index (χ0n) is 11.5. The lowest BCUT2D eigenvalue weighted by Gasteiger charge is -2.18. The van der Waals surface area contributed by atoms with Crippen molar-refractivity contribution >= 4 is 5.82 Å². The topological polar surface area (TPSA) is 71.6 Å². The summed E-state index contributed by atoms with van der Waals surface area (Å²) in [5.74, 6) is 7.09. The van der Waals surface area contributed by atoms with Crippen molar-refractivity contribution in [2.75, 3.05) is 25.1 Å². The Morgan fingerprint density at radius 3 is 3.00 bits per heavy atom. The van der Waals surface area contributed by atoms with Crippen LogP contribution in [0.25, 0.3) is 0 Å². The standard InChI is InChI=1S/C14H19N3O2/c1-14(2,18)6-4-10-5-7-16-13-12(10)19-9-11(15)8-17(13)3/h5,7,11,18H,8-9,15H2,1-3H3. The number of aromatic nitrogens is 1. The minimum absolute atomic E-state index is 0.0608. The maximum atomic E-state index is 9.67. The van der Waals surface area contributed by atoms with Crippen LogP contribution in [0.4, 0.5) is 5.82 Å². The first-order chi connectivity index (χ1) is 8.87. The normalized spacial score (nSPS) is 18.8. The fourth-order valence-electron chi connectivity index (χ4n) is 1.85. The van der Waals surface area contributed by atoms with E-state index in [4.69, 9.17) is 10.5 Å². The van der Waals surface area contributed by atoms with Gasteiger partial charge in [-0.1, -0.05) is 11.8 Å². The average molecular weight is 261 g/mol. The van der Waals surface area contributed by atoms with Crippen molar-refractivity contribution in [3.63, 3.8) is 0 Å². The Hall–Kier alpha value is -1.77. The van der Waals surface area contributed by atoms with Crippen LogP contribution in [0.5, 0.6) is 5.75 Å². The minimum atomic E-state index is -1.04. The lowest BCUT2D eigenvalue weighted by Crippen LogP contribution is -2.37. The van der Waals surface area contributed by atoms with Gasteiger partial charge >= 0.3 is 0 Å². The third-order valence-corrected chi connectivity index (χ3v) is 2.70. The van der Waals surface area contributed by atoms with E-state index in [1.165, 1.54) is 0 Å². The van der Waals surface area contributed by atoms with E-state index in [1.807, 2.05) is 11.9 Å². The molecule has 1 unspecified atom stereocenters. The second kappa shape index (κ2) is 5.08. The molecule has 102 valence electrons. The SMILES string of the molecule is CN1CC(N)COc2c(C#CC(C)(C)O)ccnc21. The van der Waals surface area contributed by atoms with Crippen LogP contribution in [-0.4, -0.2) is 41.9 Å². The van der Waals surface area contributed by atoms with Gasteiger partial charge in [-0.25, -0.2) is 4.98 Å². The molecule has 0 aromatic carbocycles. The summed E-state index contributed by atoms with van der Waals surface area (Å²) in [5, 5.41) is 9.67. The number of aliphatic hydroxyl groups is 1. The summed E-state index contributed by atoms with van der Waals surface area (Å²) in [6, 6.07) is 1.72. The first kappa shape index (κ1) is 13.7. The van der Waals surface area contributed by atoms with Gasteiger partial charge in [-0.15, -0.1) is 0 Å². The number of nitrogens with two attached hydrogens (primary N) is 1. The third-order valence-electron chi connectivity index (χ3n) is 2.70. The van der Waals surface area contributed by atoms with Gasteiger partial charge in [0.25, 0.3) is 0 Å². The minimum Gasteiger partial charge on any atom is -0.487 e. The van der Waals surface area contributed by atoms with Gasteiger partial charge in [-0.3, -0.25) is 0 Å². The summed E-state index contributed by atoms with van der Waals surface area (Å²) < 4.78 is 5.71. The first-order valence-corrected chi connectivity index (χ1v) is 6.21. The lowest BCUT2D eigenvalue weighted by molar-refractivity contribution is 0.143. The van der Waals surface area contributed by atoms with E-state index in [0.29, 0.717) is 24.5 Å². The lowest BCUT2D eigenvalue weighted by atomic mass is 10.1. The molecule has 1 aromatic rings. The predicted octanol–water partition coefficient (Wildman–Crippen LogP) is 0.360. The molecule has 1 aromatic heterocycles. The number of ether oxygens (including phenoxy) is 1. The number of hydrogen-bond donors (Lipinski definition) is 2. The van der Waals surface area contributed by atoms with Crippen molar-refractivity contribution in [1.82, 2.24) is 4.98 Å². The van der Waals surface area contributed by atoms with Gasteiger partial charge in [0.2, 0.25) is 0 Å². The van der Waals surface area contributed by atoms with E-state index in [2.05, 4.69) is 16.8 Å². The largest absolute Gasteiger partial charge is 0.487 e. The van der Waals surface area contributed by atoms with Crippen molar-refractivity contribution in [1.29, 1.82) is 0 Å². The fraction of sp³-hybridized carbons (Fsp3) is 0.500. The van der Waals surface area contributed by atoms with Gasteiger partial charge in [0.15, 0.2) is 11.6 Å². The first-order valence-electron chi connectivity index (χ1n) is 6.21. The zero-order valence-corrected chi connectivity index (χ0v) is 11.5. The van der Waals surface area contributed by atoms with E-state index < -0.39 is 5.60 Å². The Kier molecular flexibility index (Phi) is 3.65. The van der Waals surface area contributed by atoms with Crippen LogP contribution in [0, 0.1) is 11.8 Å². The third kappa shape index (κ3) is 3.37. The number of anilines is 1. The number of hydrogen-bond acceptors (Lipinski definition) is 5. The molecule has 0 saturated carbocycles. The van der Waals surface area contributed by atoms with E-state index in [9.17, 15) is 5.11 Å². The molecular weight excluding hydrogens is 242 g/mol. The molecule has 1 atom stereocenters. The van der Waals surface area contributed by atoms with Gasteiger partial charge in [0.1, 0.15) is 12.2 Å². The molecule has 5 nitrogen and oxygen atoms in total. The molecule has 0 amide bonds. The monoisotopic (exact) mass is 261 g/mol. The highest BCUT2D eigenvalue weighted by Crippen LogP contribution is 2.30. The molecule has 0 radical (unpaired) electrons. The molecule has 1 aliphatic rings. The van der Waals surface area contributed by atoms with Crippen LogP contribution < -0.4 is 15.4 Å². The van der Waals surface area contributed by atoms with Crippen LogP contribution in [0.1, 0.15) is 19.4 Å². The molecule has 3 N–H and O–H groups in total. The maximum absolute atomic E-state index is 9.67. The Labute approximate surface area is 113 Å². The van der Waals surface area contributed by atoms with Crippen LogP contribution in [0.2, 0.25) is 0 Å². The molecule has 5 heteroatoms. The molecule has 2 heterocycles. The highest BCUT2D eigenvalue weighted by atomic mass is 16.5. The van der Waals surface area contributed by atoms with Crippen molar-refractivity contribution < 1.29 is 9.84 Å². The van der Waals surface area contributed by atoms with Crippen LogP contribution in [0.15, 0.2) is 12.3 Å². The van der Waals surface area contributed by atoms with E-state index in [0.717, 1.165) is 5.82 Å². The van der Waals surface area contributed by atoms with Gasteiger partial charge in [-0.2, -0.15) is 0 Å². The van der Waals surface area contributed by atoms with E-state index in [-0.39, 0.29) is 6.04 Å². The summed E-state index contributed by atoms with van der Waals surface area (Å²) in [7, 11) is 1.92. The summed E-state index contributed by atoms with van der Waals surface area (Å²) >= 11 is 0. The highest BCUT2D eigenvalue weighted by Gasteiger charge is 2.21. The van der Waals surface area contributed by atoms with Crippen LogP contribution >= 0.6 is 0 Å². The van der Waals surface area contributed by atoms with Crippen molar-refractivity contribution in [3.05, 3.63) is 17.8 Å². The number of fused-ring (bicyclic) bond motifs is 1. The fourth-order valence-corrected chi connectivity index (χ4v) is 1.85. The van der Waals surface area contributed by atoms with E-state index in [1.54, 1.807) is 26.1 Å². The summed E-state index contributed by atoms with van der Waals surface area (Å²) in [6.07, 6.45) is 1.68. The van der Waals surface area contributed by atoms with Gasteiger partial charge in [0.05, 0.1) is 11.6 Å². The Balaban J connectivity index is 2.43. The molecule has 0 saturated heterocycles. The average Bonchev–Trinajstić information content (AvgIpc) is 2.46. The summed E-state index contributed by atoms with van der Waals surface area (Å²) in [4.78, 5) is 6.28. The number of pyridine rings is 1.